The SMILES string of the molecule is CCCCCCCCCCCCCCN[C@H](C)[C@@H](O)c1ccccc1. The molecule has 0 heterocycles. The molecule has 144 valence electrons. The molecule has 0 spiro atoms. The molecule has 1 aromatic rings. The van der Waals surface area contributed by atoms with Gasteiger partial charge < -0.3 is 10.4 Å². The van der Waals surface area contributed by atoms with E-state index in [9.17, 15) is 5.11 Å². The van der Waals surface area contributed by atoms with E-state index < -0.39 is 6.10 Å². The number of unbranched alkanes of at least 4 members (excludes halogenated alkanes) is 11. The Bertz CT molecular complexity index is 392. The third kappa shape index (κ3) is 11.4. The first-order chi connectivity index (χ1) is 12.3. The highest BCUT2D eigenvalue weighted by atomic mass is 16.3. The van der Waals surface area contributed by atoms with Crippen LogP contribution in [0.1, 0.15) is 103 Å². The molecular weight excluding hydrogens is 306 g/mol. The molecule has 0 saturated carbocycles. The summed E-state index contributed by atoms with van der Waals surface area (Å²) in [5, 5.41) is 13.8. The predicted molar refractivity (Wildman–Crippen MR) is 110 cm³/mol. The van der Waals surface area contributed by atoms with Crippen molar-refractivity contribution in [3.63, 3.8) is 0 Å². The maximum atomic E-state index is 10.3. The van der Waals surface area contributed by atoms with Gasteiger partial charge in [0.2, 0.25) is 0 Å². The van der Waals surface area contributed by atoms with E-state index >= 15 is 0 Å². The van der Waals surface area contributed by atoms with Crippen LogP contribution in [0, 0.1) is 0 Å². The van der Waals surface area contributed by atoms with E-state index in [0.29, 0.717) is 0 Å². The van der Waals surface area contributed by atoms with E-state index in [2.05, 4.69) is 19.2 Å². The van der Waals surface area contributed by atoms with Crippen LogP contribution in [0.2, 0.25) is 0 Å². The number of aliphatic hydroxyl groups is 1. The highest BCUT2D eigenvalue weighted by molar-refractivity contribution is 5.18. The van der Waals surface area contributed by atoms with Crippen LogP contribution >= 0.6 is 0 Å². The van der Waals surface area contributed by atoms with Crippen molar-refractivity contribution in [2.24, 2.45) is 0 Å². The third-order valence-electron chi connectivity index (χ3n) is 5.11. The molecule has 1 rings (SSSR count). The van der Waals surface area contributed by atoms with E-state index in [1.807, 2.05) is 30.3 Å². The Morgan fingerprint density at radius 1 is 0.760 bits per heavy atom. The van der Waals surface area contributed by atoms with Gasteiger partial charge in [0.15, 0.2) is 0 Å². The van der Waals surface area contributed by atoms with Crippen LogP contribution in [-0.4, -0.2) is 17.7 Å². The molecular formula is C23H41NO. The summed E-state index contributed by atoms with van der Waals surface area (Å²) in [5.74, 6) is 0. The van der Waals surface area contributed by atoms with Crippen molar-refractivity contribution < 1.29 is 5.11 Å². The lowest BCUT2D eigenvalue weighted by molar-refractivity contribution is 0.136. The molecule has 0 aliphatic carbocycles. The molecule has 0 unspecified atom stereocenters. The number of hydrogen-bond donors (Lipinski definition) is 2. The normalized spacial score (nSPS) is 13.7. The van der Waals surface area contributed by atoms with Gasteiger partial charge in [0, 0.05) is 6.04 Å². The smallest absolute Gasteiger partial charge is 0.0940 e. The Labute approximate surface area is 156 Å². The monoisotopic (exact) mass is 347 g/mol. The van der Waals surface area contributed by atoms with Gasteiger partial charge in [0.25, 0.3) is 0 Å². The zero-order valence-electron chi connectivity index (χ0n) is 16.7. The minimum atomic E-state index is -0.418. The summed E-state index contributed by atoms with van der Waals surface area (Å²) in [6.45, 7) is 5.35. The summed E-state index contributed by atoms with van der Waals surface area (Å²) in [6, 6.07) is 10.0. The third-order valence-corrected chi connectivity index (χ3v) is 5.11. The van der Waals surface area contributed by atoms with Gasteiger partial charge in [-0.2, -0.15) is 0 Å². The highest BCUT2D eigenvalue weighted by Crippen LogP contribution is 2.16. The second-order valence-electron chi connectivity index (χ2n) is 7.49. The van der Waals surface area contributed by atoms with E-state index in [4.69, 9.17) is 0 Å². The first-order valence-electron chi connectivity index (χ1n) is 10.7. The van der Waals surface area contributed by atoms with Crippen LogP contribution in [-0.2, 0) is 0 Å². The van der Waals surface area contributed by atoms with Crippen molar-refractivity contribution in [2.75, 3.05) is 6.54 Å². The second-order valence-corrected chi connectivity index (χ2v) is 7.49. The average molecular weight is 348 g/mol. The summed E-state index contributed by atoms with van der Waals surface area (Å²) < 4.78 is 0. The van der Waals surface area contributed by atoms with Crippen LogP contribution in [0.15, 0.2) is 30.3 Å². The van der Waals surface area contributed by atoms with Gasteiger partial charge in [0.1, 0.15) is 0 Å². The maximum absolute atomic E-state index is 10.3. The van der Waals surface area contributed by atoms with Gasteiger partial charge in [0.05, 0.1) is 6.10 Å². The lowest BCUT2D eigenvalue weighted by Crippen LogP contribution is -2.32. The number of benzene rings is 1. The summed E-state index contributed by atoms with van der Waals surface area (Å²) in [4.78, 5) is 0. The van der Waals surface area contributed by atoms with Crippen LogP contribution in [0.3, 0.4) is 0 Å². The van der Waals surface area contributed by atoms with Crippen molar-refractivity contribution in [1.29, 1.82) is 0 Å². The molecule has 1 aromatic carbocycles. The minimum absolute atomic E-state index is 0.107. The van der Waals surface area contributed by atoms with Crippen molar-refractivity contribution in [3.05, 3.63) is 35.9 Å². The Morgan fingerprint density at radius 2 is 1.24 bits per heavy atom. The van der Waals surface area contributed by atoms with Crippen molar-refractivity contribution >= 4 is 0 Å². The Hall–Kier alpha value is -0.860. The van der Waals surface area contributed by atoms with Crippen LogP contribution < -0.4 is 5.32 Å². The topological polar surface area (TPSA) is 32.3 Å². The first-order valence-corrected chi connectivity index (χ1v) is 10.7. The van der Waals surface area contributed by atoms with E-state index in [1.165, 1.54) is 77.0 Å². The maximum Gasteiger partial charge on any atom is 0.0940 e. The molecule has 0 aromatic heterocycles. The van der Waals surface area contributed by atoms with Gasteiger partial charge in [-0.3, -0.25) is 0 Å². The summed E-state index contributed by atoms with van der Waals surface area (Å²) in [6.07, 6.45) is 16.2. The van der Waals surface area contributed by atoms with Crippen molar-refractivity contribution in [1.82, 2.24) is 5.32 Å². The molecule has 0 saturated heterocycles. The lowest BCUT2D eigenvalue weighted by Gasteiger charge is -2.20. The first kappa shape index (κ1) is 22.2. The predicted octanol–water partition coefficient (Wildman–Crippen LogP) is 6.40. The van der Waals surface area contributed by atoms with Crippen LogP contribution in [0.4, 0.5) is 0 Å². The molecule has 0 bridgehead atoms. The van der Waals surface area contributed by atoms with E-state index in [-0.39, 0.29) is 6.04 Å². The molecule has 0 aliphatic heterocycles. The number of aliphatic hydroxyl groups excluding tert-OH is 1. The molecule has 2 atom stereocenters. The van der Waals surface area contributed by atoms with Gasteiger partial charge in [-0.15, -0.1) is 0 Å². The van der Waals surface area contributed by atoms with Gasteiger partial charge in [-0.25, -0.2) is 0 Å². The largest absolute Gasteiger partial charge is 0.387 e. The zero-order chi connectivity index (χ0) is 18.2. The van der Waals surface area contributed by atoms with Crippen LogP contribution in [0.5, 0.6) is 0 Å². The summed E-state index contributed by atoms with van der Waals surface area (Å²) >= 11 is 0. The fourth-order valence-electron chi connectivity index (χ4n) is 3.35. The summed E-state index contributed by atoms with van der Waals surface area (Å²) in [5.41, 5.74) is 0.997. The zero-order valence-corrected chi connectivity index (χ0v) is 16.7. The molecule has 25 heavy (non-hydrogen) atoms. The highest BCUT2D eigenvalue weighted by Gasteiger charge is 2.14. The molecule has 0 radical (unpaired) electrons. The molecule has 0 amide bonds. The van der Waals surface area contributed by atoms with Crippen molar-refractivity contribution in [2.45, 2.75) is 103 Å². The molecule has 2 heteroatoms. The average Bonchev–Trinajstić information content (AvgIpc) is 2.65. The molecule has 0 fully saturated rings. The number of nitrogens with one attached hydrogen (secondary N) is 1. The molecule has 2 nitrogen and oxygen atoms in total. The molecule has 0 aliphatic rings. The number of hydrogen-bond acceptors (Lipinski definition) is 2. The van der Waals surface area contributed by atoms with Gasteiger partial charge >= 0.3 is 0 Å². The van der Waals surface area contributed by atoms with Crippen LogP contribution in [0.25, 0.3) is 0 Å². The quantitative estimate of drug-likeness (QED) is 0.339. The second kappa shape index (κ2) is 15.4. The van der Waals surface area contributed by atoms with E-state index in [1.54, 1.807) is 0 Å². The van der Waals surface area contributed by atoms with Gasteiger partial charge in [-0.05, 0) is 25.5 Å². The van der Waals surface area contributed by atoms with E-state index in [0.717, 1.165) is 12.1 Å². The molecule has 2 N–H and O–H groups in total. The fourth-order valence-corrected chi connectivity index (χ4v) is 3.35. The fraction of sp³-hybridized carbons (Fsp3) is 0.739. The Morgan fingerprint density at radius 3 is 1.76 bits per heavy atom. The Kier molecular flexibility index (Phi) is 13.7. The summed E-state index contributed by atoms with van der Waals surface area (Å²) in [7, 11) is 0. The lowest BCUT2D eigenvalue weighted by atomic mass is 10.0. The number of rotatable bonds is 16. The van der Waals surface area contributed by atoms with Gasteiger partial charge in [-0.1, -0.05) is 108 Å². The minimum Gasteiger partial charge on any atom is -0.387 e. The Balaban J connectivity index is 1.88. The van der Waals surface area contributed by atoms with Crippen molar-refractivity contribution in [3.8, 4) is 0 Å². The standard InChI is InChI=1S/C23H41NO/c1-3-4-5-6-7-8-9-10-11-12-13-17-20-24-21(2)23(25)22-18-15-14-16-19-22/h14-16,18-19,21,23-25H,3-13,17,20H2,1-2H3/t21-,23-/m1/s1.